The number of amides is 2. The van der Waals surface area contributed by atoms with Gasteiger partial charge in [-0.2, -0.15) is 0 Å². The van der Waals surface area contributed by atoms with E-state index in [4.69, 9.17) is 10.5 Å². The van der Waals surface area contributed by atoms with Gasteiger partial charge >= 0.3 is 6.09 Å². The molecule has 0 aromatic heterocycles. The molecule has 1 aliphatic carbocycles. The molecule has 1 aliphatic rings. The summed E-state index contributed by atoms with van der Waals surface area (Å²) in [6.07, 6.45) is -0.916. The molecule has 1 rings (SSSR count). The molecular formula is C10H18N2O4. The zero-order chi connectivity index (χ0) is 12.3. The Labute approximate surface area is 94.3 Å². The van der Waals surface area contributed by atoms with Crippen LogP contribution >= 0.6 is 0 Å². The van der Waals surface area contributed by atoms with Crippen molar-refractivity contribution < 1.29 is 19.4 Å². The molecule has 92 valence electrons. The highest BCUT2D eigenvalue weighted by Gasteiger charge is 2.35. The van der Waals surface area contributed by atoms with Crippen molar-refractivity contribution in [2.24, 2.45) is 11.7 Å². The largest absolute Gasteiger partial charge is 0.444 e. The van der Waals surface area contributed by atoms with E-state index >= 15 is 0 Å². The monoisotopic (exact) mass is 230 g/mol. The molecule has 0 unspecified atom stereocenters. The zero-order valence-corrected chi connectivity index (χ0v) is 9.55. The highest BCUT2D eigenvalue weighted by Crippen LogP contribution is 2.27. The van der Waals surface area contributed by atoms with E-state index in [1.165, 1.54) is 4.90 Å². The summed E-state index contributed by atoms with van der Waals surface area (Å²) in [5.74, 6) is -0.215. The predicted octanol–water partition coefficient (Wildman–Crippen LogP) is -0.301. The molecule has 0 bridgehead atoms. The molecule has 0 spiro atoms. The average Bonchev–Trinajstić information content (AvgIpc) is 2.19. The molecule has 6 heteroatoms. The lowest BCUT2D eigenvalue weighted by Gasteiger charge is -2.32. The van der Waals surface area contributed by atoms with Gasteiger partial charge in [-0.05, 0) is 19.3 Å². The fourth-order valence-electron chi connectivity index (χ4n) is 1.98. The van der Waals surface area contributed by atoms with Crippen molar-refractivity contribution in [1.29, 1.82) is 0 Å². The summed E-state index contributed by atoms with van der Waals surface area (Å²) in [7, 11) is 3.36. The maximum absolute atomic E-state index is 11.7. The second kappa shape index (κ2) is 5.16. The van der Waals surface area contributed by atoms with Crippen LogP contribution in [0.25, 0.3) is 0 Å². The van der Waals surface area contributed by atoms with Gasteiger partial charge in [0.05, 0.1) is 6.10 Å². The molecule has 0 saturated heterocycles. The van der Waals surface area contributed by atoms with Crippen molar-refractivity contribution in [2.75, 3.05) is 14.1 Å². The maximum atomic E-state index is 11.7. The maximum Gasteiger partial charge on any atom is 0.404 e. The van der Waals surface area contributed by atoms with Gasteiger partial charge in [-0.1, -0.05) is 0 Å². The summed E-state index contributed by atoms with van der Waals surface area (Å²) >= 11 is 0. The number of hydrogen-bond acceptors (Lipinski definition) is 4. The average molecular weight is 230 g/mol. The van der Waals surface area contributed by atoms with Gasteiger partial charge in [0.1, 0.15) is 6.10 Å². The smallest absolute Gasteiger partial charge is 0.404 e. The topological polar surface area (TPSA) is 92.9 Å². The minimum Gasteiger partial charge on any atom is -0.444 e. The van der Waals surface area contributed by atoms with E-state index in [-0.39, 0.29) is 11.8 Å². The van der Waals surface area contributed by atoms with Crippen LogP contribution in [0.1, 0.15) is 19.3 Å². The third-order valence-electron chi connectivity index (χ3n) is 2.81. The van der Waals surface area contributed by atoms with Crippen LogP contribution in [-0.2, 0) is 9.53 Å². The standard InChI is InChI=1S/C10H18N2O4/c1-12(2)9(14)6-3-4-7(13)8(5-6)16-10(11)15/h6-8,13H,3-5H2,1-2H3,(H2,11,15)/t6-,7+,8+/m0/s1. The minimum absolute atomic E-state index is 0.00929. The first-order chi connectivity index (χ1) is 7.41. The fraction of sp³-hybridized carbons (Fsp3) is 0.800. The Morgan fingerprint density at radius 2 is 2.00 bits per heavy atom. The lowest BCUT2D eigenvalue weighted by molar-refractivity contribution is -0.137. The van der Waals surface area contributed by atoms with Gasteiger partial charge in [0.2, 0.25) is 5.91 Å². The Bertz CT molecular complexity index is 280. The summed E-state index contributed by atoms with van der Waals surface area (Å²) in [5.41, 5.74) is 4.90. The third kappa shape index (κ3) is 3.10. The number of nitrogens with two attached hydrogens (primary N) is 1. The van der Waals surface area contributed by atoms with Crippen LogP contribution in [0.5, 0.6) is 0 Å². The number of carbonyl (C=O) groups excluding carboxylic acids is 2. The summed E-state index contributed by atoms with van der Waals surface area (Å²) in [6, 6.07) is 0. The molecule has 1 fully saturated rings. The summed E-state index contributed by atoms with van der Waals surface area (Å²) in [5, 5.41) is 9.60. The molecule has 0 aromatic carbocycles. The normalized spacial score (nSPS) is 29.6. The quantitative estimate of drug-likeness (QED) is 0.681. The lowest BCUT2D eigenvalue weighted by atomic mass is 9.84. The van der Waals surface area contributed by atoms with E-state index in [0.717, 1.165) is 0 Å². The van der Waals surface area contributed by atoms with Crippen LogP contribution in [0.3, 0.4) is 0 Å². The third-order valence-corrected chi connectivity index (χ3v) is 2.81. The number of primary amides is 1. The molecule has 1 saturated carbocycles. The molecule has 0 radical (unpaired) electrons. The van der Waals surface area contributed by atoms with E-state index < -0.39 is 18.3 Å². The van der Waals surface area contributed by atoms with Crippen molar-refractivity contribution in [3.05, 3.63) is 0 Å². The van der Waals surface area contributed by atoms with Crippen LogP contribution in [0, 0.1) is 5.92 Å². The number of aliphatic hydroxyl groups excluding tert-OH is 1. The van der Waals surface area contributed by atoms with Gasteiger partial charge in [0, 0.05) is 20.0 Å². The Morgan fingerprint density at radius 1 is 1.38 bits per heavy atom. The SMILES string of the molecule is CN(C)C(=O)[C@H]1CC[C@@H](O)[C@H](OC(N)=O)C1. The molecule has 16 heavy (non-hydrogen) atoms. The zero-order valence-electron chi connectivity index (χ0n) is 9.55. The molecule has 6 nitrogen and oxygen atoms in total. The van der Waals surface area contributed by atoms with Gasteiger partial charge in [0.15, 0.2) is 0 Å². The van der Waals surface area contributed by atoms with Crippen LogP contribution in [0.4, 0.5) is 4.79 Å². The summed E-state index contributed by atoms with van der Waals surface area (Å²) in [4.78, 5) is 23.8. The molecule has 3 atom stereocenters. The number of nitrogens with zero attached hydrogens (tertiary/aromatic N) is 1. The fourth-order valence-corrected chi connectivity index (χ4v) is 1.98. The number of carbonyl (C=O) groups is 2. The van der Waals surface area contributed by atoms with E-state index in [2.05, 4.69) is 0 Å². The van der Waals surface area contributed by atoms with Crippen molar-refractivity contribution in [3.8, 4) is 0 Å². The van der Waals surface area contributed by atoms with Crippen LogP contribution in [-0.4, -0.2) is 48.3 Å². The Hall–Kier alpha value is -1.30. The molecule has 3 N–H and O–H groups in total. The van der Waals surface area contributed by atoms with E-state index in [9.17, 15) is 14.7 Å². The van der Waals surface area contributed by atoms with Crippen molar-refractivity contribution >= 4 is 12.0 Å². The van der Waals surface area contributed by atoms with Crippen molar-refractivity contribution in [3.63, 3.8) is 0 Å². The highest BCUT2D eigenvalue weighted by molar-refractivity contribution is 5.78. The highest BCUT2D eigenvalue weighted by atomic mass is 16.6. The second-order valence-corrected chi connectivity index (χ2v) is 4.29. The number of hydrogen-bond donors (Lipinski definition) is 2. The van der Waals surface area contributed by atoms with E-state index in [1.807, 2.05) is 0 Å². The van der Waals surface area contributed by atoms with Crippen LogP contribution in [0.15, 0.2) is 0 Å². The molecule has 0 aromatic rings. The Balaban J connectivity index is 2.60. The minimum atomic E-state index is -0.915. The summed E-state index contributed by atoms with van der Waals surface area (Å²) in [6.45, 7) is 0. The first kappa shape index (κ1) is 12.8. The number of rotatable bonds is 2. The summed E-state index contributed by atoms with van der Waals surface area (Å²) < 4.78 is 4.78. The molecular weight excluding hydrogens is 212 g/mol. The lowest BCUT2D eigenvalue weighted by Crippen LogP contribution is -2.43. The van der Waals surface area contributed by atoms with E-state index in [0.29, 0.717) is 19.3 Å². The first-order valence-corrected chi connectivity index (χ1v) is 5.27. The van der Waals surface area contributed by atoms with Crippen molar-refractivity contribution in [1.82, 2.24) is 4.90 Å². The number of aliphatic hydroxyl groups is 1. The number of ether oxygens (including phenoxy) is 1. The first-order valence-electron chi connectivity index (χ1n) is 5.27. The Morgan fingerprint density at radius 3 is 2.50 bits per heavy atom. The second-order valence-electron chi connectivity index (χ2n) is 4.29. The molecule has 0 aliphatic heterocycles. The van der Waals surface area contributed by atoms with Gasteiger partial charge in [-0.25, -0.2) is 4.79 Å². The van der Waals surface area contributed by atoms with Gasteiger partial charge in [-0.15, -0.1) is 0 Å². The molecule has 2 amide bonds. The Kier molecular flexibility index (Phi) is 4.12. The molecule has 0 heterocycles. The predicted molar refractivity (Wildman–Crippen MR) is 56.5 cm³/mol. The van der Waals surface area contributed by atoms with Crippen molar-refractivity contribution in [2.45, 2.75) is 31.5 Å². The van der Waals surface area contributed by atoms with Gasteiger partial charge < -0.3 is 20.5 Å². The van der Waals surface area contributed by atoms with Crippen LogP contribution in [0.2, 0.25) is 0 Å². The van der Waals surface area contributed by atoms with Gasteiger partial charge in [0.25, 0.3) is 0 Å². The van der Waals surface area contributed by atoms with Crippen LogP contribution < -0.4 is 5.73 Å². The van der Waals surface area contributed by atoms with E-state index in [1.54, 1.807) is 14.1 Å². The van der Waals surface area contributed by atoms with Gasteiger partial charge in [-0.3, -0.25) is 4.79 Å².